The minimum atomic E-state index is -0.322. The summed E-state index contributed by atoms with van der Waals surface area (Å²) in [5, 5.41) is 12.5. The van der Waals surface area contributed by atoms with Crippen LogP contribution in [0.25, 0.3) is 21.0 Å². The zero-order valence-corrected chi connectivity index (χ0v) is 18.8. The van der Waals surface area contributed by atoms with Crippen LogP contribution in [0.5, 0.6) is 0 Å². The normalized spacial score (nSPS) is 10.8. The highest BCUT2D eigenvalue weighted by molar-refractivity contribution is 7.80. The molecule has 4 aromatic rings. The molecule has 4 rings (SSSR count). The SMILES string of the molecule is COC(=O)c1cc2cc(NC(=S)NCCNc3cc(C)nc4ccccc34)ccc2s1. The van der Waals surface area contributed by atoms with E-state index in [1.54, 1.807) is 0 Å². The fourth-order valence-electron chi connectivity index (χ4n) is 3.32. The van der Waals surface area contributed by atoms with E-state index in [2.05, 4.69) is 33.1 Å². The van der Waals surface area contributed by atoms with Gasteiger partial charge in [-0.1, -0.05) is 18.2 Å². The Hall–Kier alpha value is -3.23. The molecule has 2 heterocycles. The molecule has 0 saturated heterocycles. The molecule has 0 amide bonds. The van der Waals surface area contributed by atoms with E-state index < -0.39 is 0 Å². The summed E-state index contributed by atoms with van der Waals surface area (Å²) in [7, 11) is 1.39. The zero-order chi connectivity index (χ0) is 21.8. The number of carbonyl (C=O) groups excluding carboxylic acids is 1. The Morgan fingerprint density at radius 3 is 2.81 bits per heavy atom. The number of thiocarbonyl (C=S) groups is 1. The van der Waals surface area contributed by atoms with Gasteiger partial charge in [0.05, 0.1) is 12.6 Å². The molecule has 2 aromatic heterocycles. The van der Waals surface area contributed by atoms with Crippen molar-refractivity contribution in [1.82, 2.24) is 10.3 Å². The van der Waals surface area contributed by atoms with Crippen LogP contribution in [-0.2, 0) is 4.74 Å². The van der Waals surface area contributed by atoms with Crippen LogP contribution in [0.15, 0.2) is 54.6 Å². The monoisotopic (exact) mass is 450 g/mol. The first kappa shape index (κ1) is 21.0. The van der Waals surface area contributed by atoms with E-state index in [0.717, 1.165) is 38.1 Å². The van der Waals surface area contributed by atoms with Gasteiger partial charge in [0.1, 0.15) is 4.88 Å². The second kappa shape index (κ2) is 9.28. The van der Waals surface area contributed by atoms with Gasteiger partial charge in [-0.25, -0.2) is 4.79 Å². The molecule has 0 unspecified atom stereocenters. The van der Waals surface area contributed by atoms with Gasteiger partial charge in [-0.15, -0.1) is 11.3 Å². The molecule has 0 bridgehead atoms. The van der Waals surface area contributed by atoms with E-state index in [1.165, 1.54) is 18.4 Å². The fourth-order valence-corrected chi connectivity index (χ4v) is 4.51. The van der Waals surface area contributed by atoms with Crippen LogP contribution in [0.2, 0.25) is 0 Å². The predicted octanol–water partition coefficient (Wildman–Crippen LogP) is 4.94. The van der Waals surface area contributed by atoms with E-state index in [1.807, 2.05) is 49.4 Å². The number of rotatable bonds is 6. The number of esters is 1. The number of benzene rings is 2. The fraction of sp³-hybridized carbons (Fsp3) is 0.174. The molecular formula is C23H22N4O2S2. The molecule has 0 aliphatic rings. The van der Waals surface area contributed by atoms with E-state index >= 15 is 0 Å². The van der Waals surface area contributed by atoms with Gasteiger partial charge in [-0.2, -0.15) is 0 Å². The number of carbonyl (C=O) groups is 1. The number of methoxy groups -OCH3 is 1. The maximum absolute atomic E-state index is 11.7. The number of hydrogen-bond acceptors (Lipinski definition) is 6. The van der Waals surface area contributed by atoms with Crippen molar-refractivity contribution in [3.8, 4) is 0 Å². The number of anilines is 2. The first-order valence-electron chi connectivity index (χ1n) is 9.80. The van der Waals surface area contributed by atoms with Crippen LogP contribution in [0.1, 0.15) is 15.4 Å². The van der Waals surface area contributed by atoms with E-state index in [0.29, 0.717) is 23.1 Å². The lowest BCUT2D eigenvalue weighted by atomic mass is 10.1. The number of nitrogens with one attached hydrogen (secondary N) is 3. The summed E-state index contributed by atoms with van der Waals surface area (Å²) in [6.45, 7) is 3.36. The number of ether oxygens (including phenoxy) is 1. The van der Waals surface area contributed by atoms with Gasteiger partial charge >= 0.3 is 5.97 Å². The van der Waals surface area contributed by atoms with Crippen molar-refractivity contribution in [2.75, 3.05) is 30.8 Å². The van der Waals surface area contributed by atoms with E-state index in [4.69, 9.17) is 17.0 Å². The molecule has 0 radical (unpaired) electrons. The number of aryl methyl sites for hydroxylation is 1. The minimum Gasteiger partial charge on any atom is -0.465 e. The average Bonchev–Trinajstić information content (AvgIpc) is 3.19. The van der Waals surface area contributed by atoms with Gasteiger partial charge in [-0.3, -0.25) is 4.98 Å². The molecule has 31 heavy (non-hydrogen) atoms. The van der Waals surface area contributed by atoms with Gasteiger partial charge < -0.3 is 20.7 Å². The maximum atomic E-state index is 11.7. The first-order chi connectivity index (χ1) is 15.0. The summed E-state index contributed by atoms with van der Waals surface area (Å²) < 4.78 is 5.82. The molecule has 2 aromatic carbocycles. The van der Waals surface area contributed by atoms with Crippen molar-refractivity contribution in [2.24, 2.45) is 0 Å². The summed E-state index contributed by atoms with van der Waals surface area (Å²) in [5.74, 6) is -0.322. The third kappa shape index (κ3) is 4.92. The Labute approximate surface area is 189 Å². The topological polar surface area (TPSA) is 75.3 Å². The molecule has 0 aliphatic heterocycles. The Morgan fingerprint density at radius 1 is 1.13 bits per heavy atom. The second-order valence-electron chi connectivity index (χ2n) is 6.99. The van der Waals surface area contributed by atoms with Crippen molar-refractivity contribution < 1.29 is 9.53 Å². The van der Waals surface area contributed by atoms with Gasteiger partial charge in [0, 0.05) is 40.2 Å². The Morgan fingerprint density at radius 2 is 1.97 bits per heavy atom. The molecular weight excluding hydrogens is 428 g/mol. The largest absolute Gasteiger partial charge is 0.465 e. The van der Waals surface area contributed by atoms with Crippen LogP contribution < -0.4 is 16.0 Å². The highest BCUT2D eigenvalue weighted by atomic mass is 32.1. The molecule has 0 aliphatic carbocycles. The number of aromatic nitrogens is 1. The van der Waals surface area contributed by atoms with Crippen molar-refractivity contribution >= 4 is 67.0 Å². The lowest BCUT2D eigenvalue weighted by molar-refractivity contribution is 0.0606. The summed E-state index contributed by atoms with van der Waals surface area (Å²) >= 11 is 6.83. The molecule has 6 nitrogen and oxygen atoms in total. The van der Waals surface area contributed by atoms with Crippen LogP contribution in [0, 0.1) is 6.92 Å². The van der Waals surface area contributed by atoms with E-state index in [9.17, 15) is 4.79 Å². The van der Waals surface area contributed by atoms with Crippen molar-refractivity contribution in [3.63, 3.8) is 0 Å². The third-order valence-electron chi connectivity index (χ3n) is 4.73. The minimum absolute atomic E-state index is 0.322. The smallest absolute Gasteiger partial charge is 0.348 e. The summed E-state index contributed by atoms with van der Waals surface area (Å²) in [6.07, 6.45) is 0. The summed E-state index contributed by atoms with van der Waals surface area (Å²) in [5.41, 5.74) is 3.89. The molecule has 3 N–H and O–H groups in total. The number of pyridine rings is 1. The molecule has 0 saturated carbocycles. The average molecular weight is 451 g/mol. The molecule has 0 fully saturated rings. The highest BCUT2D eigenvalue weighted by Gasteiger charge is 2.11. The molecule has 0 spiro atoms. The number of nitrogens with zero attached hydrogens (tertiary/aromatic N) is 1. The van der Waals surface area contributed by atoms with Gasteiger partial charge in [0.25, 0.3) is 0 Å². The van der Waals surface area contributed by atoms with Crippen LogP contribution in [0.4, 0.5) is 11.4 Å². The van der Waals surface area contributed by atoms with Crippen molar-refractivity contribution in [1.29, 1.82) is 0 Å². The van der Waals surface area contributed by atoms with Crippen molar-refractivity contribution in [3.05, 3.63) is 65.2 Å². The molecule has 0 atom stereocenters. The molecule has 158 valence electrons. The lowest BCUT2D eigenvalue weighted by Gasteiger charge is -2.13. The second-order valence-corrected chi connectivity index (χ2v) is 8.48. The molecule has 8 heteroatoms. The summed E-state index contributed by atoms with van der Waals surface area (Å²) in [4.78, 5) is 16.9. The van der Waals surface area contributed by atoms with Gasteiger partial charge in [0.15, 0.2) is 5.11 Å². The quantitative estimate of drug-likeness (QED) is 0.218. The highest BCUT2D eigenvalue weighted by Crippen LogP contribution is 2.28. The summed E-state index contributed by atoms with van der Waals surface area (Å²) in [6, 6.07) is 17.9. The van der Waals surface area contributed by atoms with Gasteiger partial charge in [-0.05, 0) is 60.9 Å². The van der Waals surface area contributed by atoms with Crippen LogP contribution >= 0.6 is 23.6 Å². The predicted molar refractivity (Wildman–Crippen MR) is 132 cm³/mol. The first-order valence-corrected chi connectivity index (χ1v) is 11.0. The van der Waals surface area contributed by atoms with Crippen LogP contribution in [0.3, 0.4) is 0 Å². The Kier molecular flexibility index (Phi) is 6.29. The lowest BCUT2D eigenvalue weighted by Crippen LogP contribution is -2.32. The van der Waals surface area contributed by atoms with E-state index in [-0.39, 0.29) is 5.97 Å². The number of para-hydroxylation sites is 1. The number of thiophene rings is 1. The zero-order valence-electron chi connectivity index (χ0n) is 17.2. The number of fused-ring (bicyclic) bond motifs is 2. The standard InChI is InChI=1S/C23H22N4O2S2/c1-14-11-19(17-5-3-4-6-18(17)26-14)24-9-10-25-23(30)27-16-7-8-20-15(12-16)13-21(31-20)22(28)29-2/h3-8,11-13H,9-10H2,1-2H3,(H,24,26)(H2,25,27,30). The van der Waals surface area contributed by atoms with Gasteiger partial charge in [0.2, 0.25) is 0 Å². The maximum Gasteiger partial charge on any atom is 0.348 e. The number of hydrogen-bond donors (Lipinski definition) is 3. The Bertz CT molecular complexity index is 1270. The van der Waals surface area contributed by atoms with Crippen LogP contribution in [-0.4, -0.2) is 36.3 Å². The van der Waals surface area contributed by atoms with Crippen molar-refractivity contribution in [2.45, 2.75) is 6.92 Å². The third-order valence-corrected chi connectivity index (χ3v) is 6.07. The Balaban J connectivity index is 1.32.